The van der Waals surface area contributed by atoms with Gasteiger partial charge in [0.05, 0.1) is 5.69 Å². The van der Waals surface area contributed by atoms with Crippen LogP contribution in [0.2, 0.25) is 0 Å². The van der Waals surface area contributed by atoms with Gasteiger partial charge in [0.1, 0.15) is 0 Å². The molecule has 0 bridgehead atoms. The van der Waals surface area contributed by atoms with Crippen molar-refractivity contribution in [2.24, 2.45) is 0 Å². The number of carboxylic acids is 1. The number of unbranched alkanes of at least 4 members (excludes halogenated alkanes) is 11. The molecular formula is C20H30FNO2. The first-order valence-corrected chi connectivity index (χ1v) is 9.25. The highest BCUT2D eigenvalue weighted by molar-refractivity contribution is 5.86. The maximum atomic E-state index is 13.2. The molecule has 134 valence electrons. The Morgan fingerprint density at radius 3 is 2.08 bits per heavy atom. The molecule has 3 nitrogen and oxygen atoms in total. The van der Waals surface area contributed by atoms with Gasteiger partial charge in [-0.1, -0.05) is 77.1 Å². The number of halogens is 1. The van der Waals surface area contributed by atoms with Crippen molar-refractivity contribution in [2.75, 3.05) is 0 Å². The van der Waals surface area contributed by atoms with E-state index in [1.165, 1.54) is 64.2 Å². The summed E-state index contributed by atoms with van der Waals surface area (Å²) in [6.07, 6.45) is 15.0. The van der Waals surface area contributed by atoms with Gasteiger partial charge in [-0.25, -0.2) is 9.18 Å². The highest BCUT2D eigenvalue weighted by Crippen LogP contribution is 2.12. The average Bonchev–Trinajstić information content (AvgIpc) is 2.93. The van der Waals surface area contributed by atoms with E-state index in [0.717, 1.165) is 18.9 Å². The van der Waals surface area contributed by atoms with Crippen LogP contribution in [0.3, 0.4) is 0 Å². The Hall–Kier alpha value is -1.76. The Morgan fingerprint density at radius 2 is 1.58 bits per heavy atom. The summed E-state index contributed by atoms with van der Waals surface area (Å²) in [5.74, 6) is 3.70. The second-order valence-corrected chi connectivity index (χ2v) is 6.30. The number of aromatic carboxylic acids is 1. The van der Waals surface area contributed by atoms with Crippen LogP contribution in [0.1, 0.15) is 100 Å². The van der Waals surface area contributed by atoms with E-state index in [4.69, 9.17) is 5.11 Å². The minimum atomic E-state index is -1.30. The molecule has 2 N–H and O–H groups in total. The molecule has 0 unspecified atom stereocenters. The predicted octanol–water partition coefficient (Wildman–Crippen LogP) is 5.90. The summed E-state index contributed by atoms with van der Waals surface area (Å²) in [7, 11) is 0. The molecule has 1 aromatic rings. The van der Waals surface area contributed by atoms with Crippen molar-refractivity contribution < 1.29 is 14.3 Å². The summed E-state index contributed by atoms with van der Waals surface area (Å²) in [5.41, 5.74) is -0.0954. The van der Waals surface area contributed by atoms with E-state index >= 15 is 0 Å². The minimum Gasteiger partial charge on any atom is -0.476 e. The standard InChI is InChI=1S/C20H30FNO2/c1-2-3-4-5-6-7-8-9-10-11-12-13-14-15-17-16-18(21)19(22-17)20(23)24/h16,22H,2-13H2,1H3,(H,23,24). The molecule has 0 spiro atoms. The fourth-order valence-corrected chi connectivity index (χ4v) is 2.69. The third kappa shape index (κ3) is 8.76. The summed E-state index contributed by atoms with van der Waals surface area (Å²) in [6, 6.07) is 1.14. The summed E-state index contributed by atoms with van der Waals surface area (Å²) in [4.78, 5) is 13.2. The van der Waals surface area contributed by atoms with Gasteiger partial charge in [0.2, 0.25) is 0 Å². The van der Waals surface area contributed by atoms with Crippen molar-refractivity contribution in [2.45, 2.75) is 84.0 Å². The normalized spacial score (nSPS) is 10.4. The van der Waals surface area contributed by atoms with Gasteiger partial charge < -0.3 is 10.1 Å². The number of hydrogen-bond donors (Lipinski definition) is 2. The molecule has 0 aliphatic heterocycles. The zero-order valence-corrected chi connectivity index (χ0v) is 14.8. The molecule has 0 aromatic carbocycles. The van der Waals surface area contributed by atoms with E-state index in [1.54, 1.807) is 0 Å². The lowest BCUT2D eigenvalue weighted by molar-refractivity contribution is 0.0686. The van der Waals surface area contributed by atoms with E-state index in [0.29, 0.717) is 5.69 Å². The van der Waals surface area contributed by atoms with Crippen molar-refractivity contribution >= 4 is 5.97 Å². The van der Waals surface area contributed by atoms with Gasteiger partial charge in [0, 0.05) is 12.5 Å². The van der Waals surface area contributed by atoms with Crippen LogP contribution in [-0.4, -0.2) is 16.1 Å². The molecule has 0 fully saturated rings. The Kier molecular flexibility index (Phi) is 10.7. The summed E-state index contributed by atoms with van der Waals surface area (Å²) >= 11 is 0. The maximum Gasteiger partial charge on any atom is 0.355 e. The Labute approximate surface area is 145 Å². The number of carbonyl (C=O) groups is 1. The van der Waals surface area contributed by atoms with E-state index in [9.17, 15) is 9.18 Å². The molecule has 0 aliphatic carbocycles. The van der Waals surface area contributed by atoms with Crippen molar-refractivity contribution in [3.05, 3.63) is 23.3 Å². The zero-order chi connectivity index (χ0) is 17.6. The third-order valence-electron chi connectivity index (χ3n) is 4.11. The topological polar surface area (TPSA) is 53.1 Å². The van der Waals surface area contributed by atoms with E-state index in [1.807, 2.05) is 0 Å². The fraction of sp³-hybridized carbons (Fsp3) is 0.650. The van der Waals surface area contributed by atoms with Gasteiger partial charge in [-0.15, -0.1) is 0 Å². The molecule has 1 rings (SSSR count). The second kappa shape index (κ2) is 12.6. The van der Waals surface area contributed by atoms with Gasteiger partial charge in [-0.2, -0.15) is 0 Å². The molecule has 0 saturated carbocycles. The number of aromatic amines is 1. The van der Waals surface area contributed by atoms with E-state index in [2.05, 4.69) is 23.7 Å². The quantitative estimate of drug-likeness (QED) is 0.369. The van der Waals surface area contributed by atoms with Crippen LogP contribution < -0.4 is 0 Å². The van der Waals surface area contributed by atoms with Gasteiger partial charge in [0.15, 0.2) is 11.5 Å². The summed E-state index contributed by atoms with van der Waals surface area (Å²) in [5, 5.41) is 8.74. The van der Waals surface area contributed by atoms with Crippen LogP contribution >= 0.6 is 0 Å². The van der Waals surface area contributed by atoms with Crippen molar-refractivity contribution in [1.82, 2.24) is 4.98 Å². The molecule has 0 atom stereocenters. The number of aromatic nitrogens is 1. The predicted molar refractivity (Wildman–Crippen MR) is 95.7 cm³/mol. The molecule has 24 heavy (non-hydrogen) atoms. The van der Waals surface area contributed by atoms with Crippen molar-refractivity contribution in [3.63, 3.8) is 0 Å². The minimum absolute atomic E-state index is 0.327. The number of H-pyrrole nitrogens is 1. The summed E-state index contributed by atoms with van der Waals surface area (Å²) in [6.45, 7) is 2.24. The van der Waals surface area contributed by atoms with Gasteiger partial charge in [-0.05, 0) is 12.3 Å². The number of hydrogen-bond acceptors (Lipinski definition) is 1. The van der Waals surface area contributed by atoms with Crippen molar-refractivity contribution in [3.8, 4) is 11.8 Å². The Morgan fingerprint density at radius 1 is 1.04 bits per heavy atom. The summed E-state index contributed by atoms with van der Waals surface area (Å²) < 4.78 is 13.2. The van der Waals surface area contributed by atoms with Crippen LogP contribution in [0, 0.1) is 17.7 Å². The highest BCUT2D eigenvalue weighted by Gasteiger charge is 2.12. The average molecular weight is 335 g/mol. The third-order valence-corrected chi connectivity index (χ3v) is 4.11. The first kappa shape index (κ1) is 20.3. The SMILES string of the molecule is CCCCCCCCCCCCCC#Cc1cc(F)c(C(=O)O)[nH]1. The lowest BCUT2D eigenvalue weighted by Gasteiger charge is -2.01. The number of rotatable bonds is 12. The maximum absolute atomic E-state index is 13.2. The highest BCUT2D eigenvalue weighted by atomic mass is 19.1. The molecule has 0 aliphatic rings. The second-order valence-electron chi connectivity index (χ2n) is 6.30. The first-order chi connectivity index (χ1) is 11.6. The molecule has 4 heteroatoms. The molecule has 1 aromatic heterocycles. The smallest absolute Gasteiger partial charge is 0.355 e. The Balaban J connectivity index is 2.01. The fourth-order valence-electron chi connectivity index (χ4n) is 2.69. The van der Waals surface area contributed by atoms with Gasteiger partial charge >= 0.3 is 5.97 Å². The van der Waals surface area contributed by atoms with Crippen LogP contribution in [0.4, 0.5) is 4.39 Å². The first-order valence-electron chi connectivity index (χ1n) is 9.25. The van der Waals surface area contributed by atoms with Crippen LogP contribution in [0.25, 0.3) is 0 Å². The Bertz CT molecular complexity index is 540. The molecule has 1 heterocycles. The van der Waals surface area contributed by atoms with E-state index < -0.39 is 17.5 Å². The number of nitrogens with one attached hydrogen (secondary N) is 1. The van der Waals surface area contributed by atoms with E-state index in [-0.39, 0.29) is 0 Å². The molecule has 0 saturated heterocycles. The van der Waals surface area contributed by atoms with Crippen LogP contribution in [0.5, 0.6) is 0 Å². The lowest BCUT2D eigenvalue weighted by Crippen LogP contribution is -1.98. The van der Waals surface area contributed by atoms with Gasteiger partial charge in [-0.3, -0.25) is 0 Å². The monoisotopic (exact) mass is 335 g/mol. The number of carboxylic acid groups (broad SMARTS) is 1. The molecular weight excluding hydrogens is 305 g/mol. The van der Waals surface area contributed by atoms with Crippen molar-refractivity contribution in [1.29, 1.82) is 0 Å². The molecule has 0 amide bonds. The zero-order valence-electron chi connectivity index (χ0n) is 14.8. The largest absolute Gasteiger partial charge is 0.476 e. The lowest BCUT2D eigenvalue weighted by atomic mass is 10.1. The molecule has 0 radical (unpaired) electrons. The van der Waals surface area contributed by atoms with Crippen LogP contribution in [0.15, 0.2) is 6.07 Å². The van der Waals surface area contributed by atoms with Crippen LogP contribution in [-0.2, 0) is 0 Å². The van der Waals surface area contributed by atoms with Gasteiger partial charge in [0.25, 0.3) is 0 Å².